The highest BCUT2D eigenvalue weighted by atomic mass is 16.5. The molecule has 1 aliphatic heterocycles. The summed E-state index contributed by atoms with van der Waals surface area (Å²) in [5.41, 5.74) is 4.22. The lowest BCUT2D eigenvalue weighted by molar-refractivity contribution is -0.136. The lowest BCUT2D eigenvalue weighted by atomic mass is 9.95. The summed E-state index contributed by atoms with van der Waals surface area (Å²) in [5.74, 6) is 1.65. The van der Waals surface area contributed by atoms with Gasteiger partial charge in [-0.25, -0.2) is 9.97 Å². The third-order valence-corrected chi connectivity index (χ3v) is 6.61. The molecule has 0 spiro atoms. The molecule has 2 heterocycles. The standard InChI is InChI=1S/C26H32N4O2/c1-17-8-13-23-18(2)27-26(28-24(23)15-17)30-14-6-7-21(16-30)25(31)29(4)19(3)20-9-11-22(32-5)12-10-20/h8-13,15,19,21H,6-7,14,16H2,1-5H3/t19-,21+/m0/s1. The van der Waals surface area contributed by atoms with Gasteiger partial charge in [0.2, 0.25) is 11.9 Å². The van der Waals surface area contributed by atoms with E-state index in [1.165, 1.54) is 5.56 Å². The van der Waals surface area contributed by atoms with Crippen molar-refractivity contribution in [3.8, 4) is 5.75 Å². The molecule has 0 unspecified atom stereocenters. The molecule has 1 aliphatic rings. The molecule has 0 N–H and O–H groups in total. The number of benzene rings is 2. The Morgan fingerprint density at radius 1 is 1.16 bits per heavy atom. The Hall–Kier alpha value is -3.15. The van der Waals surface area contributed by atoms with Crippen LogP contribution in [0.15, 0.2) is 42.5 Å². The van der Waals surface area contributed by atoms with E-state index in [0.29, 0.717) is 6.54 Å². The Labute approximate surface area is 190 Å². The van der Waals surface area contributed by atoms with E-state index in [1.807, 2.05) is 43.1 Å². The van der Waals surface area contributed by atoms with Crippen LogP contribution in [0.4, 0.5) is 5.95 Å². The number of nitrogens with zero attached hydrogens (tertiary/aromatic N) is 4. The smallest absolute Gasteiger partial charge is 0.227 e. The van der Waals surface area contributed by atoms with E-state index >= 15 is 0 Å². The summed E-state index contributed by atoms with van der Waals surface area (Å²) >= 11 is 0. The Balaban J connectivity index is 1.50. The fraction of sp³-hybridized carbons (Fsp3) is 0.423. The second kappa shape index (κ2) is 9.15. The average Bonchev–Trinajstić information content (AvgIpc) is 2.82. The van der Waals surface area contributed by atoms with E-state index in [0.717, 1.165) is 53.2 Å². The molecule has 168 valence electrons. The number of methoxy groups -OCH3 is 1. The first-order valence-corrected chi connectivity index (χ1v) is 11.3. The van der Waals surface area contributed by atoms with Crippen LogP contribution in [0, 0.1) is 19.8 Å². The summed E-state index contributed by atoms with van der Waals surface area (Å²) in [7, 11) is 3.56. The zero-order valence-corrected chi connectivity index (χ0v) is 19.6. The van der Waals surface area contributed by atoms with Gasteiger partial charge in [-0.05, 0) is 62.9 Å². The van der Waals surface area contributed by atoms with Crippen molar-refractivity contribution in [3.63, 3.8) is 0 Å². The number of hydrogen-bond acceptors (Lipinski definition) is 5. The van der Waals surface area contributed by atoms with Crippen LogP contribution in [0.5, 0.6) is 5.75 Å². The van der Waals surface area contributed by atoms with E-state index in [2.05, 4.69) is 36.9 Å². The van der Waals surface area contributed by atoms with Gasteiger partial charge in [0.25, 0.3) is 0 Å². The van der Waals surface area contributed by atoms with Crippen molar-refractivity contribution in [2.75, 3.05) is 32.1 Å². The minimum absolute atomic E-state index is 0.00841. The Bertz CT molecular complexity index is 1110. The van der Waals surface area contributed by atoms with Crippen LogP contribution in [0.3, 0.4) is 0 Å². The van der Waals surface area contributed by atoms with Crippen molar-refractivity contribution in [2.24, 2.45) is 5.92 Å². The zero-order chi connectivity index (χ0) is 22.8. The van der Waals surface area contributed by atoms with Crippen LogP contribution >= 0.6 is 0 Å². The molecule has 0 saturated carbocycles. The van der Waals surface area contributed by atoms with E-state index in [9.17, 15) is 4.79 Å². The van der Waals surface area contributed by atoms with Gasteiger partial charge in [0.15, 0.2) is 0 Å². The molecule has 4 rings (SSSR count). The highest BCUT2D eigenvalue weighted by Crippen LogP contribution is 2.28. The summed E-state index contributed by atoms with van der Waals surface area (Å²) in [6.45, 7) is 7.69. The Kier molecular flexibility index (Phi) is 6.31. The Morgan fingerprint density at radius 2 is 1.91 bits per heavy atom. The summed E-state index contributed by atoms with van der Waals surface area (Å²) in [4.78, 5) is 27.0. The Morgan fingerprint density at radius 3 is 2.62 bits per heavy atom. The van der Waals surface area contributed by atoms with Gasteiger partial charge in [-0.15, -0.1) is 0 Å². The van der Waals surface area contributed by atoms with Crippen LogP contribution in [-0.4, -0.2) is 48.0 Å². The van der Waals surface area contributed by atoms with Crippen LogP contribution in [0.1, 0.15) is 42.6 Å². The monoisotopic (exact) mass is 432 g/mol. The lowest BCUT2D eigenvalue weighted by Crippen LogP contribution is -2.45. The first-order valence-electron chi connectivity index (χ1n) is 11.3. The molecule has 1 aromatic heterocycles. The second-order valence-electron chi connectivity index (χ2n) is 8.81. The van der Waals surface area contributed by atoms with Gasteiger partial charge in [0, 0.05) is 25.5 Å². The molecule has 0 bridgehead atoms. The van der Waals surface area contributed by atoms with Crippen LogP contribution < -0.4 is 9.64 Å². The van der Waals surface area contributed by atoms with Crippen LogP contribution in [0.2, 0.25) is 0 Å². The van der Waals surface area contributed by atoms with Crippen LogP contribution in [0.25, 0.3) is 10.9 Å². The second-order valence-corrected chi connectivity index (χ2v) is 8.81. The molecule has 1 saturated heterocycles. The van der Waals surface area contributed by atoms with Gasteiger partial charge in [0.05, 0.1) is 30.3 Å². The number of carbonyl (C=O) groups excluding carboxylic acids is 1. The third-order valence-electron chi connectivity index (χ3n) is 6.61. The van der Waals surface area contributed by atoms with Gasteiger partial charge in [-0.3, -0.25) is 4.79 Å². The number of fused-ring (bicyclic) bond motifs is 1. The largest absolute Gasteiger partial charge is 0.497 e. The average molecular weight is 433 g/mol. The number of hydrogen-bond donors (Lipinski definition) is 0. The van der Waals surface area contributed by atoms with E-state index < -0.39 is 0 Å². The van der Waals surface area contributed by atoms with Gasteiger partial charge >= 0.3 is 0 Å². The summed E-state index contributed by atoms with van der Waals surface area (Å²) in [6.07, 6.45) is 1.84. The first kappa shape index (κ1) is 22.1. The molecule has 6 nitrogen and oxygen atoms in total. The normalized spacial score (nSPS) is 17.3. The van der Waals surface area contributed by atoms with Crippen molar-refractivity contribution < 1.29 is 9.53 Å². The molecule has 2 aromatic carbocycles. The molecule has 32 heavy (non-hydrogen) atoms. The number of aromatic nitrogens is 2. The topological polar surface area (TPSA) is 58.6 Å². The molecular formula is C26H32N4O2. The van der Waals surface area contributed by atoms with Crippen LogP contribution in [-0.2, 0) is 4.79 Å². The summed E-state index contributed by atoms with van der Waals surface area (Å²) in [6, 6.07) is 14.2. The lowest BCUT2D eigenvalue weighted by Gasteiger charge is -2.36. The van der Waals surface area contributed by atoms with Crippen molar-refractivity contribution in [1.82, 2.24) is 14.9 Å². The minimum Gasteiger partial charge on any atom is -0.497 e. The highest BCUT2D eigenvalue weighted by molar-refractivity contribution is 5.83. The fourth-order valence-corrected chi connectivity index (χ4v) is 4.47. The van der Waals surface area contributed by atoms with Gasteiger partial charge < -0.3 is 14.5 Å². The maximum atomic E-state index is 13.4. The van der Waals surface area contributed by atoms with Crippen molar-refractivity contribution in [2.45, 2.75) is 39.7 Å². The third kappa shape index (κ3) is 4.40. The molecule has 1 amide bonds. The molecule has 3 aromatic rings. The van der Waals surface area contributed by atoms with Gasteiger partial charge in [-0.1, -0.05) is 24.3 Å². The molecule has 0 radical (unpaired) electrons. The van der Waals surface area contributed by atoms with E-state index in [4.69, 9.17) is 14.7 Å². The first-order chi connectivity index (χ1) is 15.4. The van der Waals surface area contributed by atoms with Crippen molar-refractivity contribution >= 4 is 22.8 Å². The number of amides is 1. The molecule has 1 fully saturated rings. The van der Waals surface area contributed by atoms with Crippen molar-refractivity contribution in [1.29, 1.82) is 0 Å². The highest BCUT2D eigenvalue weighted by Gasteiger charge is 2.31. The maximum Gasteiger partial charge on any atom is 0.227 e. The number of carbonyl (C=O) groups is 1. The number of rotatable bonds is 5. The predicted molar refractivity (Wildman–Crippen MR) is 128 cm³/mol. The minimum atomic E-state index is -0.0634. The molecular weight excluding hydrogens is 400 g/mol. The SMILES string of the molecule is COc1ccc([C@H](C)N(C)C(=O)[C@@H]2CCCN(c3nc(C)c4ccc(C)cc4n3)C2)cc1. The van der Waals surface area contributed by atoms with Gasteiger partial charge in [-0.2, -0.15) is 0 Å². The number of aryl methyl sites for hydroxylation is 2. The van der Waals surface area contributed by atoms with Crippen molar-refractivity contribution in [3.05, 3.63) is 59.3 Å². The number of anilines is 1. The van der Waals surface area contributed by atoms with E-state index in [-0.39, 0.29) is 17.9 Å². The molecule has 0 aliphatic carbocycles. The van der Waals surface area contributed by atoms with Gasteiger partial charge in [0.1, 0.15) is 5.75 Å². The number of ether oxygens (including phenoxy) is 1. The predicted octanol–water partition coefficient (Wildman–Crippen LogP) is 4.69. The number of piperidine rings is 1. The molecule has 2 atom stereocenters. The fourth-order valence-electron chi connectivity index (χ4n) is 4.47. The summed E-state index contributed by atoms with van der Waals surface area (Å²) < 4.78 is 5.25. The quantitative estimate of drug-likeness (QED) is 0.585. The molecule has 6 heteroatoms. The summed E-state index contributed by atoms with van der Waals surface area (Å²) in [5, 5.41) is 1.08. The maximum absolute atomic E-state index is 13.4. The zero-order valence-electron chi connectivity index (χ0n) is 19.6. The van der Waals surface area contributed by atoms with E-state index in [1.54, 1.807) is 7.11 Å².